The van der Waals surface area contributed by atoms with Crippen LogP contribution in [0.25, 0.3) is 44.7 Å². The standard InChI is InChI=1S/C50H57FN10O7S/c1-25(2)41(57-49(64)66-5)46(62)59-16-8-12-35(59)43-52-22-32(55-43)28-14-15-34-30(18-28)20-37-40-31(51)19-29(21-38(40)68-48(61(34)37)39-24-54-45(69-39)27-10-7-11-27)33-23-53-44(56-33)36-13-9-17-60(36)47(63)42(26(3)4)58-50(65)67-6/h14-15,18-27,35-36,41-42,48H,7-13,16-17H2,1-6H3,(H,52,55)(H,53,56)(H,57,64)(H,58,65)/t35-,36-,41-,42-,48?/m0/s1. The zero-order valence-corrected chi connectivity index (χ0v) is 40.3. The maximum Gasteiger partial charge on any atom is 0.407 e. The Balaban J connectivity index is 0.968. The lowest BCUT2D eigenvalue weighted by atomic mass is 9.86. The molecule has 2 saturated heterocycles. The van der Waals surface area contributed by atoms with Crippen LogP contribution in [0, 0.1) is 17.7 Å². The highest BCUT2D eigenvalue weighted by atomic mass is 32.1. The zero-order valence-electron chi connectivity index (χ0n) is 39.5. The van der Waals surface area contributed by atoms with Gasteiger partial charge in [0.15, 0.2) is 0 Å². The summed E-state index contributed by atoms with van der Waals surface area (Å²) in [6, 6.07) is 9.23. The first-order valence-electron chi connectivity index (χ1n) is 23.8. The lowest BCUT2D eigenvalue weighted by molar-refractivity contribution is -0.136. The summed E-state index contributed by atoms with van der Waals surface area (Å²) in [6.45, 7) is 8.57. The molecule has 17 nitrogen and oxygen atoms in total. The first kappa shape index (κ1) is 46.0. The Kier molecular flexibility index (Phi) is 12.4. The summed E-state index contributed by atoms with van der Waals surface area (Å²) in [6.07, 6.45) is 9.70. The van der Waals surface area contributed by atoms with Gasteiger partial charge in [0.25, 0.3) is 0 Å². The van der Waals surface area contributed by atoms with E-state index in [1.165, 1.54) is 26.7 Å². The van der Waals surface area contributed by atoms with Gasteiger partial charge in [-0.2, -0.15) is 0 Å². The number of hydrogen-bond acceptors (Lipinski definition) is 11. The number of likely N-dealkylation sites (tertiary alicyclic amines) is 2. The summed E-state index contributed by atoms with van der Waals surface area (Å²) in [7, 11) is 2.55. The molecule has 10 rings (SSSR count). The van der Waals surface area contributed by atoms with Crippen molar-refractivity contribution in [1.82, 2.24) is 49.9 Å². The first-order chi connectivity index (χ1) is 33.3. The number of fused-ring (bicyclic) bond motifs is 5. The van der Waals surface area contributed by atoms with Gasteiger partial charge in [-0.25, -0.2) is 28.9 Å². The molecule has 0 bridgehead atoms. The predicted molar refractivity (Wildman–Crippen MR) is 256 cm³/mol. The summed E-state index contributed by atoms with van der Waals surface area (Å²) in [4.78, 5) is 77.6. The molecular formula is C50H57FN10O7S. The van der Waals surface area contributed by atoms with Crippen molar-refractivity contribution in [3.8, 4) is 39.5 Å². The van der Waals surface area contributed by atoms with Crippen molar-refractivity contribution >= 4 is 46.2 Å². The van der Waals surface area contributed by atoms with Crippen molar-refractivity contribution in [2.75, 3.05) is 27.3 Å². The van der Waals surface area contributed by atoms with Gasteiger partial charge in [0, 0.05) is 41.7 Å². The molecule has 1 aliphatic carbocycles. The number of alkyl carbamates (subject to hydrolysis) is 2. The number of carbonyl (C=O) groups excluding carboxylic acids is 4. The number of hydrogen-bond donors (Lipinski definition) is 4. The topological polar surface area (TPSA) is 202 Å². The molecule has 1 unspecified atom stereocenters. The Bertz CT molecular complexity index is 2940. The summed E-state index contributed by atoms with van der Waals surface area (Å²) in [5, 5.41) is 7.34. The third-order valence-corrected chi connectivity index (χ3v) is 15.4. The van der Waals surface area contributed by atoms with Gasteiger partial charge in [-0.3, -0.25) is 14.2 Å². The van der Waals surface area contributed by atoms with Gasteiger partial charge >= 0.3 is 12.2 Å². The van der Waals surface area contributed by atoms with Crippen molar-refractivity contribution < 1.29 is 37.8 Å². The van der Waals surface area contributed by atoms with E-state index in [0.29, 0.717) is 65.3 Å². The maximum atomic E-state index is 16.9. The Morgan fingerprint density at radius 1 is 0.754 bits per heavy atom. The lowest BCUT2D eigenvalue weighted by Gasteiger charge is -2.30. The van der Waals surface area contributed by atoms with E-state index in [0.717, 1.165) is 64.1 Å². The third kappa shape index (κ3) is 8.48. The number of aromatic amines is 2. The Labute approximate surface area is 402 Å². The van der Waals surface area contributed by atoms with Crippen molar-refractivity contribution in [3.05, 3.63) is 82.3 Å². The number of amides is 4. The van der Waals surface area contributed by atoms with Crippen molar-refractivity contribution in [1.29, 1.82) is 0 Å². The van der Waals surface area contributed by atoms with Crippen molar-refractivity contribution in [2.24, 2.45) is 11.8 Å². The highest BCUT2D eigenvalue weighted by molar-refractivity contribution is 7.11. The number of H-pyrrole nitrogens is 2. The fourth-order valence-corrected chi connectivity index (χ4v) is 11.3. The van der Waals surface area contributed by atoms with Crippen LogP contribution in [-0.4, -0.2) is 103 Å². The molecule has 3 aliphatic heterocycles. The van der Waals surface area contributed by atoms with E-state index in [2.05, 4.69) is 31.2 Å². The number of benzene rings is 2. The van der Waals surface area contributed by atoms with E-state index in [1.54, 1.807) is 33.5 Å². The molecule has 6 aromatic rings. The predicted octanol–water partition coefficient (Wildman–Crippen LogP) is 8.98. The quantitative estimate of drug-likeness (QED) is 0.0917. The largest absolute Gasteiger partial charge is 0.464 e. The Hall–Kier alpha value is -6.76. The van der Waals surface area contributed by atoms with E-state index in [4.69, 9.17) is 29.2 Å². The minimum absolute atomic E-state index is 0.153. The van der Waals surface area contributed by atoms with Crippen LogP contribution in [0.4, 0.5) is 14.0 Å². The molecule has 0 spiro atoms. The molecule has 362 valence electrons. The van der Waals surface area contributed by atoms with Gasteiger partial charge in [-0.15, -0.1) is 11.3 Å². The van der Waals surface area contributed by atoms with Crippen molar-refractivity contribution in [3.63, 3.8) is 0 Å². The molecule has 4 aromatic heterocycles. The van der Waals surface area contributed by atoms with Gasteiger partial charge in [-0.05, 0) is 80.7 Å². The van der Waals surface area contributed by atoms with Gasteiger partial charge < -0.3 is 44.6 Å². The summed E-state index contributed by atoms with van der Waals surface area (Å²) >= 11 is 1.63. The van der Waals surface area contributed by atoms with Crippen LogP contribution in [-0.2, 0) is 19.1 Å². The van der Waals surface area contributed by atoms with Crippen LogP contribution in [0.1, 0.15) is 118 Å². The second kappa shape index (κ2) is 18.6. The molecule has 19 heteroatoms. The fraction of sp³-hybridized carbons (Fsp3) is 0.460. The SMILES string of the molecule is COC(=O)N[C@H](C(=O)N1CCC[C@H]1c1ncc(-c2cc(F)c3c(c2)OC(c2cnc(C4CCC4)s2)n2c-3cc3cc(-c4cnc([C@@H]5CCCN5C(=O)[C@@H](NC(=O)OC)C(C)C)[nH]4)ccc32)[nH]1)C(C)C. The van der Waals surface area contributed by atoms with Crippen LogP contribution in [0.5, 0.6) is 5.75 Å². The number of aromatic nitrogens is 6. The summed E-state index contributed by atoms with van der Waals surface area (Å²) < 4.78 is 35.5. The zero-order chi connectivity index (χ0) is 48.2. The average molecular weight is 961 g/mol. The number of nitrogens with zero attached hydrogens (tertiary/aromatic N) is 6. The van der Waals surface area contributed by atoms with E-state index in [-0.39, 0.29) is 35.7 Å². The normalized spacial score (nSPS) is 19.8. The molecule has 4 amide bonds. The van der Waals surface area contributed by atoms with Crippen LogP contribution >= 0.6 is 11.3 Å². The molecule has 0 radical (unpaired) electrons. The van der Waals surface area contributed by atoms with Gasteiger partial charge in [0.1, 0.15) is 35.3 Å². The number of halogens is 1. The summed E-state index contributed by atoms with van der Waals surface area (Å²) in [5.41, 5.74) is 4.58. The van der Waals surface area contributed by atoms with Crippen LogP contribution in [0.3, 0.4) is 0 Å². The number of thiazole rings is 1. The van der Waals surface area contributed by atoms with E-state index in [9.17, 15) is 19.2 Å². The van der Waals surface area contributed by atoms with Crippen molar-refractivity contribution in [2.45, 2.75) is 109 Å². The Morgan fingerprint density at radius 2 is 1.35 bits per heavy atom. The van der Waals surface area contributed by atoms with E-state index < -0.39 is 36.3 Å². The molecule has 69 heavy (non-hydrogen) atoms. The van der Waals surface area contributed by atoms with Gasteiger partial charge in [0.05, 0.1) is 76.7 Å². The molecule has 1 saturated carbocycles. The number of imidazole rings is 2. The Morgan fingerprint density at radius 3 is 1.90 bits per heavy atom. The molecule has 7 heterocycles. The smallest absolute Gasteiger partial charge is 0.407 e. The third-order valence-electron chi connectivity index (χ3n) is 14.2. The second-order valence-electron chi connectivity index (χ2n) is 19.2. The van der Waals surface area contributed by atoms with E-state index in [1.807, 2.05) is 58.2 Å². The van der Waals surface area contributed by atoms with Crippen LogP contribution < -0.4 is 15.4 Å². The highest BCUT2D eigenvalue weighted by Gasteiger charge is 2.40. The number of ether oxygens (including phenoxy) is 3. The number of nitrogens with one attached hydrogen (secondary N) is 4. The first-order valence-corrected chi connectivity index (χ1v) is 24.6. The molecule has 4 aliphatic rings. The molecular weight excluding hydrogens is 904 g/mol. The van der Waals surface area contributed by atoms with E-state index >= 15 is 4.39 Å². The number of carbonyl (C=O) groups is 4. The second-order valence-corrected chi connectivity index (χ2v) is 20.3. The minimum atomic E-state index is -0.773. The number of methoxy groups -OCH3 is 2. The molecule has 5 atom stereocenters. The molecule has 3 fully saturated rings. The maximum absolute atomic E-state index is 16.9. The highest BCUT2D eigenvalue weighted by Crippen LogP contribution is 2.49. The fourth-order valence-electron chi connectivity index (χ4n) is 10.2. The molecule has 4 N–H and O–H groups in total. The van der Waals surface area contributed by atoms with Gasteiger partial charge in [0.2, 0.25) is 18.0 Å². The monoisotopic (exact) mass is 960 g/mol. The van der Waals surface area contributed by atoms with Crippen LogP contribution in [0.15, 0.2) is 55.0 Å². The van der Waals surface area contributed by atoms with Crippen LogP contribution in [0.2, 0.25) is 0 Å². The minimum Gasteiger partial charge on any atom is -0.464 e. The number of rotatable bonds is 12. The lowest BCUT2D eigenvalue weighted by Crippen LogP contribution is -2.51. The van der Waals surface area contributed by atoms with Gasteiger partial charge in [-0.1, -0.05) is 40.2 Å². The average Bonchev–Trinajstić information content (AvgIpc) is 4.18. The molecule has 2 aromatic carbocycles. The summed E-state index contributed by atoms with van der Waals surface area (Å²) in [5.74, 6) is 0.838.